The molecule has 0 saturated carbocycles. The van der Waals surface area contributed by atoms with Gasteiger partial charge in [0, 0.05) is 0 Å². The Balaban J connectivity index is 1.24. The first kappa shape index (κ1) is 48.5. The van der Waals surface area contributed by atoms with E-state index in [-0.39, 0.29) is 30.9 Å². The van der Waals surface area contributed by atoms with Gasteiger partial charge in [0.1, 0.15) is 42.0 Å². The molecule has 0 aromatic heterocycles. The van der Waals surface area contributed by atoms with Gasteiger partial charge in [-0.3, -0.25) is 0 Å². The van der Waals surface area contributed by atoms with Gasteiger partial charge in [-0.05, 0) is 77.8 Å². The minimum atomic E-state index is -2.37. The zero-order valence-electron chi connectivity index (χ0n) is 37.8. The minimum absolute atomic E-state index is 0.0711. The van der Waals surface area contributed by atoms with Crippen LogP contribution in [0.2, 0.25) is 18.1 Å². The van der Waals surface area contributed by atoms with Crippen molar-refractivity contribution >= 4 is 20.3 Å². The lowest BCUT2D eigenvalue weighted by molar-refractivity contribution is -0.341. The normalized spacial score (nSPS) is 24.2. The van der Waals surface area contributed by atoms with Crippen LogP contribution >= 0.6 is 0 Å². The predicted molar refractivity (Wildman–Crippen MR) is 247 cm³/mol. The number of esters is 2. The molecule has 0 bridgehead atoms. The van der Waals surface area contributed by atoms with Gasteiger partial charge in [-0.25, -0.2) is 9.59 Å². The van der Waals surface area contributed by atoms with E-state index in [1.807, 2.05) is 60.7 Å². The fourth-order valence-electron chi connectivity index (χ4n) is 8.12. The Morgan fingerprint density at radius 2 is 1.14 bits per heavy atom. The number of carbonyl (C=O) groups excluding carboxylic acids is 2. The Hall–Kier alpha value is -5.42. The van der Waals surface area contributed by atoms with E-state index in [1.165, 1.54) is 0 Å². The second-order valence-electron chi connectivity index (χ2n) is 16.3. The fraction of sp³-hybridized carbons (Fsp3) is 0.385. The Bertz CT molecular complexity index is 2210. The predicted octanol–water partition coefficient (Wildman–Crippen LogP) is 8.55. The third-order valence-corrected chi connectivity index (χ3v) is 16.8. The summed E-state index contributed by atoms with van der Waals surface area (Å²) in [7, 11) is -0.813. The number of ether oxygens (including phenoxy) is 9. The number of benzene rings is 5. The summed E-state index contributed by atoms with van der Waals surface area (Å²) >= 11 is 0. The lowest BCUT2D eigenvalue weighted by atomic mass is 9.98. The molecule has 5 aromatic carbocycles. The first-order valence-corrected chi connectivity index (χ1v) is 25.1. The van der Waals surface area contributed by atoms with Gasteiger partial charge in [0.05, 0.1) is 44.7 Å². The van der Waals surface area contributed by atoms with Gasteiger partial charge in [0.15, 0.2) is 20.7 Å². The second-order valence-corrected chi connectivity index (χ2v) is 21.0. The maximum Gasteiger partial charge on any atom is 0.338 e. The molecule has 14 heteroatoms. The van der Waals surface area contributed by atoms with Gasteiger partial charge in [-0.15, -0.1) is 0 Å². The molecule has 7 rings (SSSR count). The number of hydrogen-bond donors (Lipinski definition) is 1. The number of rotatable bonds is 21. The molecule has 13 nitrogen and oxygen atoms in total. The van der Waals surface area contributed by atoms with Gasteiger partial charge < -0.3 is 52.2 Å². The molecule has 66 heavy (non-hydrogen) atoms. The summed E-state index contributed by atoms with van der Waals surface area (Å²) in [4.78, 5) is 27.9. The van der Waals surface area contributed by atoms with Crippen LogP contribution in [-0.2, 0) is 50.8 Å². The summed E-state index contributed by atoms with van der Waals surface area (Å²) in [6.07, 6.45) is -10.5. The molecule has 0 spiro atoms. The topological polar surface area (TPSA) is 147 Å². The Labute approximate surface area is 387 Å². The van der Waals surface area contributed by atoms with E-state index in [0.717, 1.165) is 29.3 Å². The van der Waals surface area contributed by atoms with Crippen molar-refractivity contribution in [2.45, 2.75) is 107 Å². The van der Waals surface area contributed by atoms with E-state index in [9.17, 15) is 14.7 Å². The van der Waals surface area contributed by atoms with E-state index in [4.69, 9.17) is 47.1 Å². The molecule has 0 aliphatic carbocycles. The highest BCUT2D eigenvalue weighted by Gasteiger charge is 2.54. The smallest absolute Gasteiger partial charge is 0.338 e. The summed E-state index contributed by atoms with van der Waals surface area (Å²) in [5.41, 5.74) is 2.36. The Morgan fingerprint density at radius 1 is 0.621 bits per heavy atom. The Morgan fingerprint density at radius 3 is 1.68 bits per heavy atom. The molecular formula is C52H60O13Si. The lowest BCUT2D eigenvalue weighted by Crippen LogP contribution is -2.65. The summed E-state index contributed by atoms with van der Waals surface area (Å²) < 4.78 is 64.2. The van der Waals surface area contributed by atoms with E-state index >= 15 is 0 Å². The van der Waals surface area contributed by atoms with Crippen molar-refractivity contribution in [3.8, 4) is 11.5 Å². The third-order valence-electron chi connectivity index (χ3n) is 12.1. The van der Waals surface area contributed by atoms with Crippen molar-refractivity contribution in [3.05, 3.63) is 168 Å². The van der Waals surface area contributed by atoms with E-state index in [0.29, 0.717) is 18.1 Å². The van der Waals surface area contributed by atoms with Crippen LogP contribution in [0.4, 0.5) is 0 Å². The highest BCUT2D eigenvalue weighted by Crippen LogP contribution is 2.36. The van der Waals surface area contributed by atoms with Gasteiger partial charge in [0.2, 0.25) is 12.4 Å². The minimum Gasteiger partial charge on any atom is -0.497 e. The molecular weight excluding hydrogens is 861 g/mol. The molecule has 5 aromatic rings. The second kappa shape index (κ2) is 23.9. The maximum atomic E-state index is 14.0. The number of aliphatic hydroxyl groups is 1. The van der Waals surface area contributed by atoms with E-state index in [1.54, 1.807) is 92.0 Å². The number of aliphatic hydroxyl groups excluding tert-OH is 1. The first-order valence-electron chi connectivity index (χ1n) is 22.6. The van der Waals surface area contributed by atoms with E-state index in [2.05, 4.69) is 20.8 Å². The van der Waals surface area contributed by atoms with Crippen molar-refractivity contribution in [2.24, 2.45) is 0 Å². The van der Waals surface area contributed by atoms with Gasteiger partial charge in [-0.1, -0.05) is 118 Å². The third kappa shape index (κ3) is 12.5. The molecule has 350 valence electrons. The van der Waals surface area contributed by atoms with Crippen LogP contribution < -0.4 is 9.47 Å². The fourth-order valence-corrected chi connectivity index (χ4v) is 11.0. The summed E-state index contributed by atoms with van der Waals surface area (Å²) in [5.74, 6) is -0.463. The molecule has 2 aliphatic heterocycles. The van der Waals surface area contributed by atoms with Crippen molar-refractivity contribution in [2.75, 3.05) is 20.3 Å². The van der Waals surface area contributed by atoms with Crippen LogP contribution in [0.5, 0.6) is 11.5 Å². The lowest BCUT2D eigenvalue weighted by Gasteiger charge is -2.49. The van der Waals surface area contributed by atoms with E-state index < -0.39 is 75.6 Å². The SMILES string of the molecule is CC[Si](CC)(CC)O[C@H]1[C@H](OCc2ccccc2)[C@H](O)[C@@H](O[C@@H]2CO[C@H](Oc3ccc(OC)cc3)[C@H](OC(=O)c3ccccc3)[C@H]2OC(=O)c2ccccc2)O[C@@H]1COCc1ccccc1. The monoisotopic (exact) mass is 920 g/mol. The van der Waals surface area contributed by atoms with Crippen molar-refractivity contribution in [1.82, 2.24) is 0 Å². The highest BCUT2D eigenvalue weighted by atomic mass is 28.4. The summed E-state index contributed by atoms with van der Waals surface area (Å²) in [5, 5.41) is 12.5. The van der Waals surface area contributed by atoms with Crippen LogP contribution in [0, 0.1) is 0 Å². The molecule has 0 amide bonds. The first-order chi connectivity index (χ1) is 32.2. The van der Waals surface area contributed by atoms with Crippen molar-refractivity contribution in [1.29, 1.82) is 0 Å². The molecule has 0 unspecified atom stereocenters. The largest absolute Gasteiger partial charge is 0.497 e. The molecule has 9 atom stereocenters. The van der Waals surface area contributed by atoms with Crippen LogP contribution in [0.15, 0.2) is 146 Å². The molecule has 2 heterocycles. The average molecular weight is 921 g/mol. The summed E-state index contributed by atoms with van der Waals surface area (Å²) in [6.45, 7) is 6.71. The molecule has 1 N–H and O–H groups in total. The average Bonchev–Trinajstić information content (AvgIpc) is 3.37. The Kier molecular flexibility index (Phi) is 17.5. The van der Waals surface area contributed by atoms with Crippen molar-refractivity contribution < 1.29 is 61.8 Å². The van der Waals surface area contributed by atoms with Crippen LogP contribution in [0.1, 0.15) is 52.6 Å². The van der Waals surface area contributed by atoms with Gasteiger partial charge in [-0.2, -0.15) is 0 Å². The maximum absolute atomic E-state index is 14.0. The van der Waals surface area contributed by atoms with Crippen molar-refractivity contribution in [3.63, 3.8) is 0 Å². The zero-order valence-corrected chi connectivity index (χ0v) is 38.8. The number of hydrogen-bond acceptors (Lipinski definition) is 13. The van der Waals surface area contributed by atoms with Crippen LogP contribution in [0.3, 0.4) is 0 Å². The number of methoxy groups -OCH3 is 1. The molecule has 2 aliphatic rings. The highest BCUT2D eigenvalue weighted by molar-refractivity contribution is 6.73. The standard InChI is InChI=1S/C52H60O13Si/c1-5-66(6-2,7-3)65-46-42(34-57-32-36-20-12-8-13-21-36)61-51(44(53)47(46)58-33-37-22-14-9-15-23-37)62-43-35-59-52(60-41-30-28-40(56-4)29-31-41)48(64-50(55)39-26-18-11-19-27-39)45(43)63-49(54)38-24-16-10-17-25-38/h8-31,42-48,51-53H,5-7,32-35H2,1-4H3/t42-,43-,44+,45+,46-,47-,48-,51-,52-/m1/s1. The van der Waals surface area contributed by atoms with Crippen LogP contribution in [-0.4, -0.2) is 101 Å². The van der Waals surface area contributed by atoms with Crippen LogP contribution in [0.25, 0.3) is 0 Å². The molecule has 0 radical (unpaired) electrons. The van der Waals surface area contributed by atoms with Gasteiger partial charge >= 0.3 is 11.9 Å². The number of carbonyl (C=O) groups is 2. The zero-order chi connectivity index (χ0) is 46.3. The van der Waals surface area contributed by atoms with Gasteiger partial charge in [0.25, 0.3) is 0 Å². The molecule has 2 fully saturated rings. The molecule has 2 saturated heterocycles. The summed E-state index contributed by atoms with van der Waals surface area (Å²) in [6, 6.07) is 45.6. The quantitative estimate of drug-likeness (QED) is 0.0555.